The Morgan fingerprint density at radius 2 is 1.93 bits per heavy atom. The SMILES string of the molecule is C[C@]1(O)CN(c2cc[nH]n2)C[C@@](C)(O)C1. The summed E-state index contributed by atoms with van der Waals surface area (Å²) in [7, 11) is 0. The lowest BCUT2D eigenvalue weighted by Gasteiger charge is -2.44. The van der Waals surface area contributed by atoms with Gasteiger partial charge in [-0.1, -0.05) is 0 Å². The molecule has 1 saturated heterocycles. The summed E-state index contributed by atoms with van der Waals surface area (Å²) in [5, 5.41) is 26.9. The quantitative estimate of drug-likeness (QED) is 0.617. The van der Waals surface area contributed by atoms with Crippen LogP contribution >= 0.6 is 0 Å². The molecule has 0 saturated carbocycles. The number of rotatable bonds is 1. The molecule has 1 aromatic heterocycles. The number of H-pyrrole nitrogens is 1. The summed E-state index contributed by atoms with van der Waals surface area (Å²) in [6.45, 7) is 4.46. The molecule has 2 rings (SSSR count). The fourth-order valence-electron chi connectivity index (χ4n) is 2.40. The predicted octanol–water partition coefficient (Wildman–Crippen LogP) is 0.122. The molecular weight excluding hydrogens is 194 g/mol. The fourth-order valence-corrected chi connectivity index (χ4v) is 2.40. The Hall–Kier alpha value is -1.07. The second-order valence-electron chi connectivity index (χ2n) is 4.96. The summed E-state index contributed by atoms with van der Waals surface area (Å²) in [4.78, 5) is 1.89. The van der Waals surface area contributed by atoms with Crippen LogP contribution in [0.4, 0.5) is 5.82 Å². The van der Waals surface area contributed by atoms with Gasteiger partial charge in [-0.25, -0.2) is 0 Å². The minimum absolute atomic E-state index is 0.390. The van der Waals surface area contributed by atoms with E-state index in [1.807, 2.05) is 11.0 Å². The number of nitrogens with zero attached hydrogens (tertiary/aromatic N) is 2. The first-order valence-corrected chi connectivity index (χ1v) is 5.08. The second kappa shape index (κ2) is 3.21. The maximum Gasteiger partial charge on any atom is 0.150 e. The number of nitrogens with one attached hydrogen (secondary N) is 1. The van der Waals surface area contributed by atoms with Crippen molar-refractivity contribution in [3.8, 4) is 0 Å². The monoisotopic (exact) mass is 211 g/mol. The minimum atomic E-state index is -0.874. The molecule has 2 heterocycles. The van der Waals surface area contributed by atoms with Gasteiger partial charge in [-0.2, -0.15) is 5.10 Å². The number of hydrogen-bond acceptors (Lipinski definition) is 4. The Morgan fingerprint density at radius 3 is 2.40 bits per heavy atom. The van der Waals surface area contributed by atoms with Gasteiger partial charge in [0.1, 0.15) is 0 Å². The first-order valence-electron chi connectivity index (χ1n) is 5.08. The van der Waals surface area contributed by atoms with E-state index < -0.39 is 11.2 Å². The lowest BCUT2D eigenvalue weighted by atomic mass is 9.84. The van der Waals surface area contributed by atoms with Crippen LogP contribution in [0.2, 0.25) is 0 Å². The Labute approximate surface area is 88.7 Å². The van der Waals surface area contributed by atoms with Crippen LogP contribution in [0.15, 0.2) is 12.3 Å². The highest BCUT2D eigenvalue weighted by atomic mass is 16.3. The lowest BCUT2D eigenvalue weighted by molar-refractivity contribution is -0.0581. The molecule has 0 spiro atoms. The molecule has 1 aromatic rings. The second-order valence-corrected chi connectivity index (χ2v) is 4.96. The number of piperidine rings is 1. The highest BCUT2D eigenvalue weighted by Gasteiger charge is 2.41. The molecule has 3 N–H and O–H groups in total. The van der Waals surface area contributed by atoms with Crippen molar-refractivity contribution in [2.24, 2.45) is 0 Å². The van der Waals surface area contributed by atoms with Crippen molar-refractivity contribution >= 4 is 5.82 Å². The molecule has 0 aromatic carbocycles. The molecule has 84 valence electrons. The van der Waals surface area contributed by atoms with Gasteiger partial charge in [-0.15, -0.1) is 0 Å². The highest BCUT2D eigenvalue weighted by Crippen LogP contribution is 2.30. The van der Waals surface area contributed by atoms with E-state index in [2.05, 4.69) is 10.2 Å². The molecule has 15 heavy (non-hydrogen) atoms. The van der Waals surface area contributed by atoms with E-state index in [0.717, 1.165) is 5.82 Å². The largest absolute Gasteiger partial charge is 0.388 e. The van der Waals surface area contributed by atoms with Crippen LogP contribution in [-0.2, 0) is 0 Å². The van der Waals surface area contributed by atoms with E-state index in [9.17, 15) is 10.2 Å². The Bertz CT molecular complexity index is 316. The third-order valence-electron chi connectivity index (χ3n) is 2.63. The van der Waals surface area contributed by atoms with E-state index in [-0.39, 0.29) is 0 Å². The number of aliphatic hydroxyl groups is 2. The number of hydrogen-bond donors (Lipinski definition) is 3. The van der Waals surface area contributed by atoms with Gasteiger partial charge in [0.25, 0.3) is 0 Å². The summed E-state index contributed by atoms with van der Waals surface area (Å²) in [5.74, 6) is 0.759. The van der Waals surface area contributed by atoms with E-state index in [4.69, 9.17) is 0 Å². The van der Waals surface area contributed by atoms with E-state index in [0.29, 0.717) is 19.5 Å². The molecule has 0 radical (unpaired) electrons. The van der Waals surface area contributed by atoms with Crippen LogP contribution in [0.3, 0.4) is 0 Å². The van der Waals surface area contributed by atoms with Gasteiger partial charge >= 0.3 is 0 Å². The standard InChI is InChI=1S/C10H17N3O2/c1-9(14)5-10(2,15)7-13(6-9)8-3-4-11-12-8/h3-4,14-15H,5-7H2,1-2H3,(H,11,12)/t9-,10+. The van der Waals surface area contributed by atoms with Crippen LogP contribution < -0.4 is 4.90 Å². The molecule has 1 aliphatic heterocycles. The molecular formula is C10H17N3O2. The smallest absolute Gasteiger partial charge is 0.150 e. The van der Waals surface area contributed by atoms with Crippen LogP contribution in [0.25, 0.3) is 0 Å². The molecule has 5 nitrogen and oxygen atoms in total. The molecule has 1 fully saturated rings. The molecule has 0 bridgehead atoms. The van der Waals surface area contributed by atoms with Crippen molar-refractivity contribution in [1.82, 2.24) is 10.2 Å². The minimum Gasteiger partial charge on any atom is -0.388 e. The van der Waals surface area contributed by atoms with Crippen molar-refractivity contribution in [3.63, 3.8) is 0 Å². The van der Waals surface area contributed by atoms with Crippen molar-refractivity contribution < 1.29 is 10.2 Å². The Balaban J connectivity index is 2.21. The van der Waals surface area contributed by atoms with Crippen LogP contribution in [0.5, 0.6) is 0 Å². The van der Waals surface area contributed by atoms with Crippen LogP contribution in [0, 0.1) is 0 Å². The highest BCUT2D eigenvalue weighted by molar-refractivity contribution is 5.39. The van der Waals surface area contributed by atoms with Gasteiger partial charge < -0.3 is 15.1 Å². The summed E-state index contributed by atoms with van der Waals surface area (Å²) in [6.07, 6.45) is 2.12. The number of aromatic amines is 1. The maximum absolute atomic E-state index is 10.0. The van der Waals surface area contributed by atoms with Gasteiger partial charge in [0, 0.05) is 31.8 Å². The third-order valence-corrected chi connectivity index (χ3v) is 2.63. The average Bonchev–Trinajstić information content (AvgIpc) is 2.48. The zero-order chi connectivity index (χ0) is 11.1. The van der Waals surface area contributed by atoms with Crippen LogP contribution in [-0.4, -0.2) is 44.7 Å². The van der Waals surface area contributed by atoms with Crippen LogP contribution in [0.1, 0.15) is 20.3 Å². The Morgan fingerprint density at radius 1 is 1.33 bits per heavy atom. The van der Waals surface area contributed by atoms with Crippen molar-refractivity contribution in [3.05, 3.63) is 12.3 Å². The van der Waals surface area contributed by atoms with Crippen molar-refractivity contribution in [2.45, 2.75) is 31.5 Å². The number of aromatic nitrogens is 2. The predicted molar refractivity (Wildman–Crippen MR) is 56.7 cm³/mol. The zero-order valence-electron chi connectivity index (χ0n) is 9.06. The maximum atomic E-state index is 10.0. The van der Waals surface area contributed by atoms with Gasteiger partial charge in [0.05, 0.1) is 11.2 Å². The summed E-state index contributed by atoms with van der Waals surface area (Å²) in [5.41, 5.74) is -1.75. The summed E-state index contributed by atoms with van der Waals surface area (Å²) in [6, 6.07) is 1.83. The van der Waals surface area contributed by atoms with Gasteiger partial charge in [-0.3, -0.25) is 5.10 Å². The van der Waals surface area contributed by atoms with Crippen molar-refractivity contribution in [1.29, 1.82) is 0 Å². The number of β-amino-alcohol motifs (C(OH)–C–C–N with tert-alkyl or cyclic N) is 2. The van der Waals surface area contributed by atoms with E-state index >= 15 is 0 Å². The molecule has 2 atom stereocenters. The normalized spacial score (nSPS) is 36.9. The summed E-state index contributed by atoms with van der Waals surface area (Å²) >= 11 is 0. The molecule has 0 amide bonds. The zero-order valence-corrected chi connectivity index (χ0v) is 9.06. The summed E-state index contributed by atoms with van der Waals surface area (Å²) < 4.78 is 0. The van der Waals surface area contributed by atoms with Gasteiger partial charge in [0.15, 0.2) is 5.82 Å². The van der Waals surface area contributed by atoms with Crippen molar-refractivity contribution in [2.75, 3.05) is 18.0 Å². The van der Waals surface area contributed by atoms with Gasteiger partial charge in [0.2, 0.25) is 0 Å². The number of anilines is 1. The molecule has 0 unspecified atom stereocenters. The average molecular weight is 211 g/mol. The fraction of sp³-hybridized carbons (Fsp3) is 0.700. The van der Waals surface area contributed by atoms with E-state index in [1.165, 1.54) is 0 Å². The first-order chi connectivity index (χ1) is 6.88. The third kappa shape index (κ3) is 2.30. The van der Waals surface area contributed by atoms with Gasteiger partial charge in [-0.05, 0) is 13.8 Å². The molecule has 1 aliphatic rings. The molecule has 0 aliphatic carbocycles. The topological polar surface area (TPSA) is 72.4 Å². The lowest BCUT2D eigenvalue weighted by Crippen LogP contribution is -2.57. The first kappa shape index (κ1) is 10.4. The molecule has 5 heteroatoms. The van der Waals surface area contributed by atoms with E-state index in [1.54, 1.807) is 20.0 Å². The Kier molecular flexibility index (Phi) is 2.24.